The highest BCUT2D eigenvalue weighted by Crippen LogP contribution is 2.31. The first-order valence-electron chi connectivity index (χ1n) is 3.90. The molecule has 14 heavy (non-hydrogen) atoms. The summed E-state index contributed by atoms with van der Waals surface area (Å²) in [7, 11) is 0. The third-order valence-corrected chi connectivity index (χ3v) is 4.02. The van der Waals surface area contributed by atoms with Crippen LogP contribution in [0.4, 0.5) is 4.79 Å². The molecule has 0 aromatic carbocycles. The molecular weight excluding hydrogens is 268 g/mol. The first-order valence-corrected chi connectivity index (χ1v) is 5.58. The van der Waals surface area contributed by atoms with Crippen molar-refractivity contribution in [1.82, 2.24) is 10.6 Å². The Labute approximate surface area is 92.8 Å². The van der Waals surface area contributed by atoms with E-state index >= 15 is 0 Å². The molecule has 3 amide bonds. The fourth-order valence-electron chi connectivity index (χ4n) is 1.29. The summed E-state index contributed by atoms with van der Waals surface area (Å²) in [5.41, 5.74) is -0.923. The van der Waals surface area contributed by atoms with Gasteiger partial charge in [-0.1, -0.05) is 0 Å². The molecule has 1 aromatic heterocycles. The van der Waals surface area contributed by atoms with Gasteiger partial charge in [0.15, 0.2) is 5.54 Å². The number of hydrogen-bond acceptors (Lipinski definition) is 3. The molecule has 4 nitrogen and oxygen atoms in total. The number of carbonyl (C=O) groups is 2. The number of hydrogen-bond donors (Lipinski definition) is 2. The van der Waals surface area contributed by atoms with Gasteiger partial charge in [0.2, 0.25) is 0 Å². The van der Waals surface area contributed by atoms with Crippen molar-refractivity contribution in [3.63, 3.8) is 0 Å². The molecular formula is C8H7BrN2O2S. The quantitative estimate of drug-likeness (QED) is 0.764. The number of halogens is 1. The van der Waals surface area contributed by atoms with E-state index in [-0.39, 0.29) is 5.91 Å². The van der Waals surface area contributed by atoms with Gasteiger partial charge < -0.3 is 5.32 Å². The Hall–Kier alpha value is -0.880. The van der Waals surface area contributed by atoms with Crippen LogP contribution in [-0.2, 0) is 10.3 Å². The summed E-state index contributed by atoms with van der Waals surface area (Å²) >= 11 is 4.73. The molecule has 0 saturated carbocycles. The molecule has 0 aliphatic carbocycles. The van der Waals surface area contributed by atoms with Crippen LogP contribution < -0.4 is 10.6 Å². The molecule has 1 saturated heterocycles. The van der Waals surface area contributed by atoms with Crippen LogP contribution in [0.25, 0.3) is 0 Å². The van der Waals surface area contributed by atoms with Gasteiger partial charge in [-0.2, -0.15) is 0 Å². The maximum absolute atomic E-state index is 11.5. The first-order chi connectivity index (χ1) is 6.52. The summed E-state index contributed by atoms with van der Waals surface area (Å²) in [6.07, 6.45) is 0. The van der Waals surface area contributed by atoms with E-state index in [1.54, 1.807) is 6.92 Å². The highest BCUT2D eigenvalue weighted by atomic mass is 79.9. The van der Waals surface area contributed by atoms with Gasteiger partial charge in [0.25, 0.3) is 5.91 Å². The molecule has 1 fully saturated rings. The molecule has 1 aliphatic heterocycles. The average Bonchev–Trinajstić information content (AvgIpc) is 2.59. The first kappa shape index (κ1) is 9.67. The van der Waals surface area contributed by atoms with Crippen LogP contribution in [0, 0.1) is 0 Å². The van der Waals surface area contributed by atoms with Gasteiger partial charge in [-0.05, 0) is 28.9 Å². The maximum atomic E-state index is 11.5. The van der Waals surface area contributed by atoms with Crippen molar-refractivity contribution in [2.24, 2.45) is 0 Å². The maximum Gasteiger partial charge on any atom is 0.322 e. The summed E-state index contributed by atoms with van der Waals surface area (Å²) in [5.74, 6) is -0.308. The number of thiophene rings is 1. The van der Waals surface area contributed by atoms with E-state index in [0.29, 0.717) is 0 Å². The zero-order valence-electron chi connectivity index (χ0n) is 7.26. The molecule has 74 valence electrons. The summed E-state index contributed by atoms with van der Waals surface area (Å²) in [6, 6.07) is 1.39. The van der Waals surface area contributed by atoms with Gasteiger partial charge in [0.05, 0.1) is 0 Å². The predicted octanol–water partition coefficient (Wildman–Crippen LogP) is 1.57. The van der Waals surface area contributed by atoms with Crippen molar-refractivity contribution in [2.75, 3.05) is 0 Å². The second-order valence-corrected chi connectivity index (χ2v) is 4.99. The van der Waals surface area contributed by atoms with Crippen LogP contribution >= 0.6 is 27.3 Å². The number of amides is 3. The number of rotatable bonds is 1. The fourth-order valence-corrected chi connectivity index (χ4v) is 2.83. The van der Waals surface area contributed by atoms with Gasteiger partial charge in [-0.25, -0.2) is 4.79 Å². The van der Waals surface area contributed by atoms with E-state index in [0.717, 1.165) is 9.35 Å². The second kappa shape index (κ2) is 3.06. The SMILES string of the molecule is CC1(c2cc(Br)cs2)NC(=O)NC1=O. The number of carbonyl (C=O) groups excluding carboxylic acids is 2. The Balaban J connectivity index is 2.42. The Kier molecular flexibility index (Phi) is 2.11. The van der Waals surface area contributed by atoms with Crippen molar-refractivity contribution in [3.05, 3.63) is 20.8 Å². The Bertz CT molecular complexity index is 417. The zero-order valence-corrected chi connectivity index (χ0v) is 9.66. The molecule has 2 heterocycles. The molecule has 2 N–H and O–H groups in total. The topological polar surface area (TPSA) is 58.2 Å². The molecule has 0 bridgehead atoms. The molecule has 0 radical (unpaired) electrons. The standard InChI is InChI=1S/C8H7BrN2O2S/c1-8(5-2-4(9)3-14-5)6(12)10-7(13)11-8/h2-3H,1H3,(H2,10,11,12,13). The van der Waals surface area contributed by atoms with Crippen molar-refractivity contribution < 1.29 is 9.59 Å². The highest BCUT2D eigenvalue weighted by molar-refractivity contribution is 9.10. The van der Waals surface area contributed by atoms with Crippen molar-refractivity contribution in [2.45, 2.75) is 12.5 Å². The number of urea groups is 1. The van der Waals surface area contributed by atoms with E-state index in [1.807, 2.05) is 11.4 Å². The minimum atomic E-state index is -0.923. The van der Waals surface area contributed by atoms with Crippen molar-refractivity contribution in [3.8, 4) is 0 Å². The Morgan fingerprint density at radius 2 is 2.21 bits per heavy atom. The van der Waals surface area contributed by atoms with Crippen LogP contribution in [0.3, 0.4) is 0 Å². The monoisotopic (exact) mass is 274 g/mol. The zero-order chi connectivity index (χ0) is 10.3. The van der Waals surface area contributed by atoms with E-state index in [9.17, 15) is 9.59 Å². The van der Waals surface area contributed by atoms with Gasteiger partial charge in [0, 0.05) is 14.7 Å². The van der Waals surface area contributed by atoms with Crippen molar-refractivity contribution >= 4 is 39.2 Å². The van der Waals surface area contributed by atoms with Crippen LogP contribution in [0.1, 0.15) is 11.8 Å². The van der Waals surface area contributed by atoms with E-state index in [1.165, 1.54) is 11.3 Å². The molecule has 1 aromatic rings. The van der Waals surface area contributed by atoms with Gasteiger partial charge >= 0.3 is 6.03 Å². The van der Waals surface area contributed by atoms with E-state index < -0.39 is 11.6 Å². The van der Waals surface area contributed by atoms with Gasteiger partial charge in [0.1, 0.15) is 0 Å². The van der Waals surface area contributed by atoms with Crippen LogP contribution in [0.5, 0.6) is 0 Å². The Morgan fingerprint density at radius 3 is 2.64 bits per heavy atom. The van der Waals surface area contributed by atoms with Crippen LogP contribution in [-0.4, -0.2) is 11.9 Å². The smallest absolute Gasteiger partial charge is 0.319 e. The number of nitrogens with one attached hydrogen (secondary N) is 2. The lowest BCUT2D eigenvalue weighted by molar-refractivity contribution is -0.123. The summed E-state index contributed by atoms with van der Waals surface area (Å²) in [4.78, 5) is 23.3. The second-order valence-electron chi connectivity index (χ2n) is 3.16. The van der Waals surface area contributed by atoms with Crippen LogP contribution in [0.2, 0.25) is 0 Å². The fraction of sp³-hybridized carbons (Fsp3) is 0.250. The van der Waals surface area contributed by atoms with Gasteiger partial charge in [-0.3, -0.25) is 10.1 Å². The summed E-state index contributed by atoms with van der Waals surface area (Å²) in [5, 5.41) is 6.69. The third-order valence-electron chi connectivity index (χ3n) is 2.10. The lowest BCUT2D eigenvalue weighted by Gasteiger charge is -2.17. The number of imide groups is 1. The van der Waals surface area contributed by atoms with Gasteiger partial charge in [-0.15, -0.1) is 11.3 Å². The molecule has 0 spiro atoms. The Morgan fingerprint density at radius 1 is 1.50 bits per heavy atom. The predicted molar refractivity (Wildman–Crippen MR) is 56.0 cm³/mol. The molecule has 1 unspecified atom stereocenters. The highest BCUT2D eigenvalue weighted by Gasteiger charge is 2.44. The van der Waals surface area contributed by atoms with E-state index in [2.05, 4.69) is 26.6 Å². The lowest BCUT2D eigenvalue weighted by atomic mass is 10.0. The van der Waals surface area contributed by atoms with Crippen LogP contribution in [0.15, 0.2) is 15.9 Å². The normalized spacial score (nSPS) is 26.1. The minimum Gasteiger partial charge on any atom is -0.319 e. The summed E-state index contributed by atoms with van der Waals surface area (Å²) < 4.78 is 0.910. The largest absolute Gasteiger partial charge is 0.322 e. The lowest BCUT2D eigenvalue weighted by Crippen LogP contribution is -2.39. The molecule has 1 atom stereocenters. The molecule has 1 aliphatic rings. The molecule has 6 heteroatoms. The van der Waals surface area contributed by atoms with Crippen molar-refractivity contribution in [1.29, 1.82) is 0 Å². The third kappa shape index (κ3) is 1.34. The molecule has 2 rings (SSSR count). The average molecular weight is 275 g/mol. The van der Waals surface area contributed by atoms with E-state index in [4.69, 9.17) is 0 Å². The summed E-state index contributed by atoms with van der Waals surface area (Å²) in [6.45, 7) is 1.69. The minimum absolute atomic E-state index is 0.308.